The molecule has 1 aromatic rings. The minimum atomic E-state index is -0.0442. The Morgan fingerprint density at radius 1 is 1.47 bits per heavy atom. The average Bonchev–Trinajstić information content (AvgIpc) is 2.24. The van der Waals surface area contributed by atoms with Crippen LogP contribution < -0.4 is 5.32 Å². The van der Waals surface area contributed by atoms with Gasteiger partial charge in [-0.3, -0.25) is 4.79 Å². The zero-order chi connectivity index (χ0) is 13.0. The molecule has 0 fully saturated rings. The van der Waals surface area contributed by atoms with E-state index in [1.54, 1.807) is 18.2 Å². The second-order valence-electron chi connectivity index (χ2n) is 4.44. The van der Waals surface area contributed by atoms with Crippen LogP contribution >= 0.6 is 27.5 Å². The van der Waals surface area contributed by atoms with E-state index in [1.807, 2.05) is 6.92 Å². The van der Waals surface area contributed by atoms with Gasteiger partial charge >= 0.3 is 0 Å². The van der Waals surface area contributed by atoms with E-state index < -0.39 is 0 Å². The maximum Gasteiger partial charge on any atom is 0.251 e. The molecular weight excluding hydrogens is 302 g/mol. The van der Waals surface area contributed by atoms with E-state index in [2.05, 4.69) is 35.1 Å². The van der Waals surface area contributed by atoms with Crippen LogP contribution in [0, 0.1) is 12.8 Å². The molecule has 4 heteroatoms. The largest absolute Gasteiger partial charge is 0.348 e. The van der Waals surface area contributed by atoms with Crippen molar-refractivity contribution in [3.63, 3.8) is 0 Å². The van der Waals surface area contributed by atoms with Crippen molar-refractivity contribution in [2.24, 2.45) is 5.92 Å². The van der Waals surface area contributed by atoms with Crippen LogP contribution in [-0.4, -0.2) is 17.3 Å². The van der Waals surface area contributed by atoms with E-state index >= 15 is 0 Å². The molecule has 0 aliphatic carbocycles. The summed E-state index contributed by atoms with van der Waals surface area (Å²) in [5.41, 5.74) is 1.58. The number of carbonyl (C=O) groups excluding carboxylic acids is 1. The summed E-state index contributed by atoms with van der Waals surface area (Å²) in [7, 11) is 0. The Hall–Kier alpha value is -0.540. The topological polar surface area (TPSA) is 29.1 Å². The zero-order valence-electron chi connectivity index (χ0n) is 10.3. The Morgan fingerprint density at radius 3 is 2.59 bits per heavy atom. The summed E-state index contributed by atoms with van der Waals surface area (Å²) in [4.78, 5) is 12.1. The van der Waals surface area contributed by atoms with Crippen molar-refractivity contribution in [3.05, 3.63) is 34.3 Å². The molecule has 0 aliphatic rings. The number of hydrogen-bond acceptors (Lipinski definition) is 1. The molecule has 1 atom stereocenters. The van der Waals surface area contributed by atoms with Crippen molar-refractivity contribution in [1.82, 2.24) is 5.32 Å². The Labute approximate surface area is 116 Å². The summed E-state index contributed by atoms with van der Waals surface area (Å²) >= 11 is 9.28. The van der Waals surface area contributed by atoms with Crippen LogP contribution in [0.3, 0.4) is 0 Å². The molecule has 0 aliphatic heterocycles. The predicted octanol–water partition coefficient (Wildman–Crippen LogP) is 3.80. The van der Waals surface area contributed by atoms with E-state index in [0.29, 0.717) is 16.5 Å². The number of rotatable bonds is 4. The van der Waals surface area contributed by atoms with Crippen LogP contribution in [0.4, 0.5) is 0 Å². The van der Waals surface area contributed by atoms with Gasteiger partial charge in [0.25, 0.3) is 5.91 Å². The Balaban J connectivity index is 2.82. The molecular formula is C13H17BrClNO. The molecule has 1 aromatic carbocycles. The van der Waals surface area contributed by atoms with Gasteiger partial charge < -0.3 is 5.32 Å². The highest BCUT2D eigenvalue weighted by Gasteiger charge is 2.17. The van der Waals surface area contributed by atoms with Gasteiger partial charge in [0.1, 0.15) is 0 Å². The normalized spacial score (nSPS) is 12.6. The Morgan fingerprint density at radius 2 is 2.12 bits per heavy atom. The molecule has 17 heavy (non-hydrogen) atoms. The highest BCUT2D eigenvalue weighted by Crippen LogP contribution is 2.16. The summed E-state index contributed by atoms with van der Waals surface area (Å²) in [6, 6.07) is 5.44. The molecule has 0 saturated carbocycles. The van der Waals surface area contributed by atoms with E-state index in [0.717, 1.165) is 10.9 Å². The zero-order valence-corrected chi connectivity index (χ0v) is 12.6. The van der Waals surface area contributed by atoms with Crippen LogP contribution in [0.15, 0.2) is 18.2 Å². The van der Waals surface area contributed by atoms with Gasteiger partial charge in [-0.25, -0.2) is 0 Å². The minimum absolute atomic E-state index is 0.0442. The highest BCUT2D eigenvalue weighted by molar-refractivity contribution is 9.09. The van der Waals surface area contributed by atoms with Gasteiger partial charge in [-0.2, -0.15) is 0 Å². The number of benzene rings is 1. The SMILES string of the molecule is Cc1cc(Cl)ccc1C(=O)NC(CBr)C(C)C. The number of alkyl halides is 1. The summed E-state index contributed by atoms with van der Waals surface area (Å²) < 4.78 is 0. The van der Waals surface area contributed by atoms with Gasteiger partial charge in [-0.05, 0) is 36.6 Å². The summed E-state index contributed by atoms with van der Waals surface area (Å²) in [5.74, 6) is 0.350. The second kappa shape index (κ2) is 6.41. The van der Waals surface area contributed by atoms with E-state index in [9.17, 15) is 4.79 Å². The van der Waals surface area contributed by atoms with E-state index in [4.69, 9.17) is 11.6 Å². The van der Waals surface area contributed by atoms with Crippen molar-refractivity contribution >= 4 is 33.4 Å². The van der Waals surface area contributed by atoms with Crippen LogP contribution in [0.1, 0.15) is 29.8 Å². The molecule has 1 unspecified atom stereocenters. The third-order valence-electron chi connectivity index (χ3n) is 2.72. The number of aryl methyl sites for hydroxylation is 1. The van der Waals surface area contributed by atoms with Gasteiger partial charge in [0.15, 0.2) is 0 Å². The second-order valence-corrected chi connectivity index (χ2v) is 5.52. The lowest BCUT2D eigenvalue weighted by molar-refractivity contribution is 0.0931. The van der Waals surface area contributed by atoms with Crippen LogP contribution in [0.25, 0.3) is 0 Å². The third kappa shape index (κ3) is 4.00. The van der Waals surface area contributed by atoms with Gasteiger partial charge in [0.2, 0.25) is 0 Å². The molecule has 2 nitrogen and oxygen atoms in total. The standard InChI is InChI=1S/C13H17BrClNO/c1-8(2)12(7-14)16-13(17)11-5-4-10(15)6-9(11)3/h4-6,8,12H,7H2,1-3H3,(H,16,17). The molecule has 1 rings (SSSR count). The number of hydrogen-bond donors (Lipinski definition) is 1. The lowest BCUT2D eigenvalue weighted by Gasteiger charge is -2.20. The van der Waals surface area contributed by atoms with Crippen molar-refractivity contribution in [3.8, 4) is 0 Å². The van der Waals surface area contributed by atoms with Crippen molar-refractivity contribution in [1.29, 1.82) is 0 Å². The average molecular weight is 319 g/mol. The van der Waals surface area contributed by atoms with Gasteiger partial charge in [-0.1, -0.05) is 41.4 Å². The van der Waals surface area contributed by atoms with Crippen LogP contribution in [0.5, 0.6) is 0 Å². The van der Waals surface area contributed by atoms with Crippen LogP contribution in [0.2, 0.25) is 5.02 Å². The van der Waals surface area contributed by atoms with Crippen molar-refractivity contribution in [2.75, 3.05) is 5.33 Å². The van der Waals surface area contributed by atoms with Gasteiger partial charge in [0.05, 0.1) is 0 Å². The Kier molecular flexibility index (Phi) is 5.47. The first-order valence-electron chi connectivity index (χ1n) is 5.58. The fourth-order valence-electron chi connectivity index (χ4n) is 1.51. The van der Waals surface area contributed by atoms with E-state index in [1.165, 1.54) is 0 Å². The predicted molar refractivity (Wildman–Crippen MR) is 76.1 cm³/mol. The van der Waals surface area contributed by atoms with Gasteiger partial charge in [0, 0.05) is 22.0 Å². The molecule has 94 valence electrons. The smallest absolute Gasteiger partial charge is 0.251 e. The third-order valence-corrected chi connectivity index (χ3v) is 3.65. The molecule has 0 bridgehead atoms. The fourth-order valence-corrected chi connectivity index (χ4v) is 2.65. The molecule has 0 heterocycles. The van der Waals surface area contributed by atoms with E-state index in [-0.39, 0.29) is 11.9 Å². The number of halogens is 2. The van der Waals surface area contributed by atoms with Gasteiger partial charge in [-0.15, -0.1) is 0 Å². The molecule has 0 saturated heterocycles. The highest BCUT2D eigenvalue weighted by atomic mass is 79.9. The van der Waals surface area contributed by atoms with Crippen molar-refractivity contribution in [2.45, 2.75) is 26.8 Å². The van der Waals surface area contributed by atoms with Crippen molar-refractivity contribution < 1.29 is 4.79 Å². The molecule has 1 amide bonds. The molecule has 1 N–H and O–H groups in total. The summed E-state index contributed by atoms with van der Waals surface area (Å²) in [5, 5.41) is 4.42. The number of carbonyl (C=O) groups is 1. The molecule has 0 spiro atoms. The lowest BCUT2D eigenvalue weighted by Crippen LogP contribution is -2.40. The first kappa shape index (κ1) is 14.5. The summed E-state index contributed by atoms with van der Waals surface area (Å²) in [6.07, 6.45) is 0. The quantitative estimate of drug-likeness (QED) is 0.841. The fraction of sp³-hybridized carbons (Fsp3) is 0.462. The number of amides is 1. The molecule has 0 radical (unpaired) electrons. The monoisotopic (exact) mass is 317 g/mol. The minimum Gasteiger partial charge on any atom is -0.348 e. The summed E-state index contributed by atoms with van der Waals surface area (Å²) in [6.45, 7) is 6.06. The maximum absolute atomic E-state index is 12.1. The lowest BCUT2D eigenvalue weighted by atomic mass is 10.0. The van der Waals surface area contributed by atoms with Crippen LogP contribution in [-0.2, 0) is 0 Å². The Bertz CT molecular complexity index is 406. The maximum atomic E-state index is 12.1. The number of nitrogens with one attached hydrogen (secondary N) is 1. The first-order valence-corrected chi connectivity index (χ1v) is 7.08. The molecule has 0 aromatic heterocycles. The first-order chi connectivity index (χ1) is 7.95.